The van der Waals surface area contributed by atoms with Crippen molar-refractivity contribution >= 4 is 45.2 Å². The van der Waals surface area contributed by atoms with Gasteiger partial charge in [0.2, 0.25) is 5.95 Å². The fourth-order valence-electron chi connectivity index (χ4n) is 2.98. The average Bonchev–Trinajstić information content (AvgIpc) is 3.16. The third-order valence-corrected chi connectivity index (χ3v) is 5.12. The molecule has 0 unspecified atom stereocenters. The lowest BCUT2D eigenvalue weighted by atomic mass is 10.3. The predicted molar refractivity (Wildman–Crippen MR) is 105 cm³/mol. The molecule has 9 nitrogen and oxygen atoms in total. The van der Waals surface area contributed by atoms with Gasteiger partial charge in [-0.3, -0.25) is 0 Å². The van der Waals surface area contributed by atoms with Crippen LogP contribution in [0.2, 0.25) is 0 Å². The summed E-state index contributed by atoms with van der Waals surface area (Å²) in [5, 5.41) is 2.91. The Balaban J connectivity index is 1.40. The fraction of sp³-hybridized carbons (Fsp3) is 0.294. The number of hydrogen-bond donors (Lipinski definition) is 2. The van der Waals surface area contributed by atoms with Crippen molar-refractivity contribution in [1.82, 2.24) is 19.9 Å². The number of piperazine rings is 1. The molecule has 0 radical (unpaired) electrons. The molecule has 1 saturated heterocycles. The number of anilines is 3. The van der Waals surface area contributed by atoms with Crippen LogP contribution in [0.25, 0.3) is 10.3 Å². The quantitative estimate of drug-likeness (QED) is 0.710. The molecule has 0 aliphatic carbocycles. The Bertz CT molecular complexity index is 952. The highest BCUT2D eigenvalue weighted by atomic mass is 32.1. The summed E-state index contributed by atoms with van der Waals surface area (Å²) in [7, 11) is 1.61. The van der Waals surface area contributed by atoms with E-state index in [9.17, 15) is 4.79 Å². The van der Waals surface area contributed by atoms with Crippen molar-refractivity contribution in [1.29, 1.82) is 0 Å². The molecule has 2 aromatic heterocycles. The highest BCUT2D eigenvalue weighted by Gasteiger charge is 2.24. The molecule has 0 saturated carbocycles. The second-order valence-electron chi connectivity index (χ2n) is 6.04. The van der Waals surface area contributed by atoms with Gasteiger partial charge < -0.3 is 25.6 Å². The van der Waals surface area contributed by atoms with Gasteiger partial charge in [0.15, 0.2) is 10.6 Å². The van der Waals surface area contributed by atoms with Gasteiger partial charge in [0.05, 0.1) is 12.6 Å². The predicted octanol–water partition coefficient (Wildman–Crippen LogP) is 2.03. The third kappa shape index (κ3) is 3.56. The zero-order chi connectivity index (χ0) is 18.8. The molecule has 1 aliphatic rings. The number of fused-ring (bicyclic) bond motifs is 1. The first kappa shape index (κ1) is 17.3. The van der Waals surface area contributed by atoms with Crippen molar-refractivity contribution in [2.24, 2.45) is 0 Å². The molecule has 0 bridgehead atoms. The number of nitrogens with zero attached hydrogens (tertiary/aromatic N) is 5. The van der Waals surface area contributed by atoms with Crippen molar-refractivity contribution < 1.29 is 9.53 Å². The molecule has 4 rings (SSSR count). The zero-order valence-electron chi connectivity index (χ0n) is 14.8. The van der Waals surface area contributed by atoms with Crippen LogP contribution in [-0.4, -0.2) is 59.2 Å². The second kappa shape index (κ2) is 7.23. The number of carbonyl (C=O) groups is 1. The van der Waals surface area contributed by atoms with Crippen molar-refractivity contribution in [3.05, 3.63) is 29.8 Å². The minimum atomic E-state index is -0.124. The van der Waals surface area contributed by atoms with Gasteiger partial charge in [0, 0.05) is 31.9 Å². The fourth-order valence-corrected chi connectivity index (χ4v) is 3.64. The van der Waals surface area contributed by atoms with E-state index in [1.54, 1.807) is 17.5 Å². The number of carbonyl (C=O) groups excluding carboxylic acids is 1. The van der Waals surface area contributed by atoms with Crippen molar-refractivity contribution in [3.8, 4) is 5.75 Å². The summed E-state index contributed by atoms with van der Waals surface area (Å²) in [5.41, 5.74) is 9.04. The molecule has 1 fully saturated rings. The number of ether oxygens (including phenoxy) is 1. The van der Waals surface area contributed by atoms with Gasteiger partial charge in [-0.1, -0.05) is 0 Å². The Labute approximate surface area is 159 Å². The van der Waals surface area contributed by atoms with E-state index in [0.717, 1.165) is 27.6 Å². The molecule has 3 aromatic rings. The number of nitrogens with one attached hydrogen (secondary N) is 1. The number of nitrogens with two attached hydrogens (primary N) is 1. The monoisotopic (exact) mass is 385 g/mol. The lowest BCUT2D eigenvalue weighted by molar-refractivity contribution is 0.208. The van der Waals surface area contributed by atoms with Gasteiger partial charge in [-0.05, 0) is 24.3 Å². The highest BCUT2D eigenvalue weighted by Crippen LogP contribution is 2.27. The average molecular weight is 385 g/mol. The van der Waals surface area contributed by atoms with Gasteiger partial charge in [-0.15, -0.1) is 11.3 Å². The number of benzene rings is 1. The Hall–Kier alpha value is -3.14. The summed E-state index contributed by atoms with van der Waals surface area (Å²) in [6, 6.07) is 7.13. The molecular formula is C17H19N7O2S. The third-order valence-electron chi connectivity index (χ3n) is 4.40. The molecular weight excluding hydrogens is 366 g/mol. The van der Waals surface area contributed by atoms with E-state index in [-0.39, 0.29) is 12.0 Å². The lowest BCUT2D eigenvalue weighted by Crippen LogP contribution is -2.50. The largest absolute Gasteiger partial charge is 0.497 e. The number of urea groups is 1. The first-order valence-corrected chi connectivity index (χ1v) is 9.33. The van der Waals surface area contributed by atoms with Crippen LogP contribution >= 0.6 is 11.3 Å². The number of hydrogen-bond acceptors (Lipinski definition) is 8. The second-order valence-corrected chi connectivity index (χ2v) is 6.88. The van der Waals surface area contributed by atoms with Gasteiger partial charge in [0.25, 0.3) is 0 Å². The van der Waals surface area contributed by atoms with E-state index in [1.807, 2.05) is 24.3 Å². The molecule has 27 heavy (non-hydrogen) atoms. The van der Waals surface area contributed by atoms with E-state index in [2.05, 4.69) is 25.2 Å². The lowest BCUT2D eigenvalue weighted by Gasteiger charge is -2.35. The van der Waals surface area contributed by atoms with Crippen LogP contribution in [0.1, 0.15) is 0 Å². The Morgan fingerprint density at radius 1 is 1.19 bits per heavy atom. The van der Waals surface area contributed by atoms with E-state index in [1.165, 1.54) is 11.3 Å². The number of rotatable bonds is 3. The maximum absolute atomic E-state index is 12.5. The SMILES string of the molecule is COc1ccc(NC(=O)N2CCN(c3nc(N)nc4scnc34)CC2)cc1. The zero-order valence-corrected chi connectivity index (χ0v) is 15.6. The summed E-state index contributed by atoms with van der Waals surface area (Å²) in [4.78, 5) is 30.1. The van der Waals surface area contributed by atoms with Crippen LogP contribution in [0.4, 0.5) is 22.2 Å². The maximum Gasteiger partial charge on any atom is 0.321 e. The van der Waals surface area contributed by atoms with Gasteiger partial charge in [-0.2, -0.15) is 4.98 Å². The summed E-state index contributed by atoms with van der Waals surface area (Å²) >= 11 is 1.44. The summed E-state index contributed by atoms with van der Waals surface area (Å²) < 4.78 is 5.13. The summed E-state index contributed by atoms with van der Waals surface area (Å²) in [6.45, 7) is 2.47. The topological polar surface area (TPSA) is 110 Å². The van der Waals surface area contributed by atoms with Crippen LogP contribution < -0.4 is 20.7 Å². The summed E-state index contributed by atoms with van der Waals surface area (Å²) in [6.07, 6.45) is 0. The number of amides is 2. The maximum atomic E-state index is 12.5. The van der Waals surface area contributed by atoms with E-state index in [0.29, 0.717) is 26.2 Å². The number of aromatic nitrogens is 3. The van der Waals surface area contributed by atoms with Crippen LogP contribution in [-0.2, 0) is 0 Å². The molecule has 0 spiro atoms. The Kier molecular flexibility index (Phi) is 4.63. The van der Waals surface area contributed by atoms with E-state index < -0.39 is 0 Å². The molecule has 1 aromatic carbocycles. The molecule has 0 atom stereocenters. The molecule has 3 N–H and O–H groups in total. The van der Waals surface area contributed by atoms with Gasteiger partial charge in [-0.25, -0.2) is 14.8 Å². The molecule has 140 valence electrons. The first-order valence-electron chi connectivity index (χ1n) is 8.45. The Morgan fingerprint density at radius 3 is 2.63 bits per heavy atom. The van der Waals surface area contributed by atoms with Crippen molar-refractivity contribution in [3.63, 3.8) is 0 Å². The van der Waals surface area contributed by atoms with Crippen LogP contribution in [0.5, 0.6) is 5.75 Å². The van der Waals surface area contributed by atoms with Crippen LogP contribution in [0.3, 0.4) is 0 Å². The number of thiazole rings is 1. The Morgan fingerprint density at radius 2 is 1.93 bits per heavy atom. The van der Waals surface area contributed by atoms with Gasteiger partial charge >= 0.3 is 6.03 Å². The van der Waals surface area contributed by atoms with Gasteiger partial charge in [0.1, 0.15) is 11.3 Å². The van der Waals surface area contributed by atoms with Crippen molar-refractivity contribution in [2.45, 2.75) is 0 Å². The molecule has 2 amide bonds. The number of nitrogen functional groups attached to an aromatic ring is 1. The highest BCUT2D eigenvalue weighted by molar-refractivity contribution is 7.16. The molecule has 3 heterocycles. The molecule has 1 aliphatic heterocycles. The molecule has 10 heteroatoms. The standard InChI is InChI=1S/C17H19N7O2S/c1-26-12-4-2-11(3-5-12)20-17(25)24-8-6-23(7-9-24)14-13-15(27-10-19-13)22-16(18)21-14/h2-5,10H,6-9H2,1H3,(H,20,25)(H2,18,21,22). The summed E-state index contributed by atoms with van der Waals surface area (Å²) in [5.74, 6) is 1.72. The van der Waals surface area contributed by atoms with Crippen LogP contribution in [0, 0.1) is 0 Å². The minimum Gasteiger partial charge on any atom is -0.497 e. The minimum absolute atomic E-state index is 0.124. The normalized spacial score (nSPS) is 14.4. The van der Waals surface area contributed by atoms with E-state index in [4.69, 9.17) is 10.5 Å². The van der Waals surface area contributed by atoms with E-state index >= 15 is 0 Å². The smallest absolute Gasteiger partial charge is 0.321 e. The first-order chi connectivity index (χ1) is 13.1. The number of methoxy groups -OCH3 is 1. The van der Waals surface area contributed by atoms with Crippen LogP contribution in [0.15, 0.2) is 29.8 Å². The van der Waals surface area contributed by atoms with Crippen molar-refractivity contribution in [2.75, 3.05) is 49.2 Å².